The number of anilines is 1. The van der Waals surface area contributed by atoms with Gasteiger partial charge in [-0.25, -0.2) is 13.1 Å². The Morgan fingerprint density at radius 2 is 2.18 bits per heavy atom. The predicted molar refractivity (Wildman–Crippen MR) is 65.8 cm³/mol. The van der Waals surface area contributed by atoms with Gasteiger partial charge in [-0.05, 0) is 25.1 Å². The van der Waals surface area contributed by atoms with Crippen molar-refractivity contribution in [2.24, 2.45) is 0 Å². The van der Waals surface area contributed by atoms with Crippen molar-refractivity contribution < 1.29 is 13.5 Å². The topological polar surface area (TPSA) is 92.4 Å². The number of nitrogens with two attached hydrogens (primary N) is 1. The van der Waals surface area contributed by atoms with Crippen LogP contribution in [-0.4, -0.2) is 20.1 Å². The van der Waals surface area contributed by atoms with E-state index in [1.807, 2.05) is 0 Å². The van der Waals surface area contributed by atoms with Crippen LogP contribution in [0.5, 0.6) is 5.75 Å². The third kappa shape index (κ3) is 3.66. The zero-order chi connectivity index (χ0) is 12.9. The predicted octanol–water partition coefficient (Wildman–Crippen LogP) is 0.666. The number of phenolic OH excluding ortho intramolecular Hbond substituents is 1. The molecular weight excluding hydrogens is 240 g/mol. The smallest absolute Gasteiger partial charge is 0.240 e. The van der Waals surface area contributed by atoms with Crippen LogP contribution in [0.15, 0.2) is 23.1 Å². The average Bonchev–Trinajstić information content (AvgIpc) is 2.28. The van der Waals surface area contributed by atoms with Gasteiger partial charge in [0.1, 0.15) is 5.75 Å². The molecule has 92 valence electrons. The molecule has 4 N–H and O–H groups in total. The first-order valence-corrected chi connectivity index (χ1v) is 6.43. The fourth-order valence-corrected chi connectivity index (χ4v) is 2.22. The van der Waals surface area contributed by atoms with Crippen LogP contribution in [0.2, 0.25) is 0 Å². The van der Waals surface area contributed by atoms with Crippen molar-refractivity contribution in [2.75, 3.05) is 12.3 Å². The summed E-state index contributed by atoms with van der Waals surface area (Å²) in [4.78, 5) is 0.0252. The number of sulfonamides is 1. The van der Waals surface area contributed by atoms with Crippen LogP contribution in [0.3, 0.4) is 0 Å². The molecule has 0 bridgehead atoms. The molecule has 0 fully saturated rings. The number of benzene rings is 1. The van der Waals surface area contributed by atoms with E-state index in [2.05, 4.69) is 16.6 Å². The van der Waals surface area contributed by atoms with Crippen molar-refractivity contribution in [2.45, 2.75) is 18.2 Å². The number of nitrogens with one attached hydrogen (secondary N) is 1. The van der Waals surface area contributed by atoms with Crippen molar-refractivity contribution in [3.63, 3.8) is 0 Å². The van der Waals surface area contributed by atoms with Crippen molar-refractivity contribution in [1.82, 2.24) is 4.72 Å². The molecule has 0 saturated heterocycles. The maximum absolute atomic E-state index is 11.8. The molecule has 0 radical (unpaired) electrons. The van der Waals surface area contributed by atoms with Crippen LogP contribution in [0.4, 0.5) is 5.69 Å². The summed E-state index contributed by atoms with van der Waals surface area (Å²) < 4.78 is 25.9. The van der Waals surface area contributed by atoms with E-state index in [0.717, 1.165) is 0 Å². The Bertz CT molecular complexity index is 556. The third-order valence-corrected chi connectivity index (χ3v) is 3.49. The summed E-state index contributed by atoms with van der Waals surface area (Å²) in [6.07, 6.45) is 0.448. The van der Waals surface area contributed by atoms with E-state index in [1.165, 1.54) is 18.2 Å². The lowest BCUT2D eigenvalue weighted by molar-refractivity contribution is 0.477. The molecule has 6 heteroatoms. The van der Waals surface area contributed by atoms with Crippen molar-refractivity contribution in [3.05, 3.63) is 18.2 Å². The highest BCUT2D eigenvalue weighted by Crippen LogP contribution is 2.22. The third-order valence-electron chi connectivity index (χ3n) is 2.03. The number of aromatic hydroxyl groups is 1. The molecule has 5 nitrogen and oxygen atoms in total. The summed E-state index contributed by atoms with van der Waals surface area (Å²) in [6, 6.07) is 3.75. The van der Waals surface area contributed by atoms with Gasteiger partial charge in [0.2, 0.25) is 10.0 Å². The number of phenols is 1. The second-order valence-corrected chi connectivity index (χ2v) is 5.06. The summed E-state index contributed by atoms with van der Waals surface area (Å²) >= 11 is 0. The van der Waals surface area contributed by atoms with Gasteiger partial charge in [0.05, 0.1) is 10.6 Å². The Hall–Kier alpha value is -1.71. The Kier molecular flexibility index (Phi) is 4.37. The minimum atomic E-state index is -3.59. The van der Waals surface area contributed by atoms with Crippen LogP contribution in [0, 0.1) is 11.8 Å². The summed E-state index contributed by atoms with van der Waals surface area (Å²) in [7, 11) is -3.59. The number of hydrogen-bond acceptors (Lipinski definition) is 4. The highest BCUT2D eigenvalue weighted by atomic mass is 32.2. The lowest BCUT2D eigenvalue weighted by Crippen LogP contribution is -2.24. The second kappa shape index (κ2) is 5.57. The molecule has 1 aromatic rings. The Morgan fingerprint density at radius 3 is 2.76 bits per heavy atom. The lowest BCUT2D eigenvalue weighted by Gasteiger charge is -2.06. The van der Waals surface area contributed by atoms with E-state index < -0.39 is 10.0 Å². The molecule has 1 rings (SSSR count). The lowest BCUT2D eigenvalue weighted by atomic mass is 10.3. The highest BCUT2D eigenvalue weighted by molar-refractivity contribution is 7.89. The standard InChI is InChI=1S/C11H14N2O3S/c1-2-3-4-7-13-17(15,16)9-5-6-11(14)10(12)8-9/h5-6,8,13-14H,4,7,12H2,1H3. The van der Waals surface area contributed by atoms with Gasteiger partial charge in [0, 0.05) is 13.0 Å². The van der Waals surface area contributed by atoms with E-state index >= 15 is 0 Å². The van der Waals surface area contributed by atoms with Crippen LogP contribution in [0.1, 0.15) is 13.3 Å². The van der Waals surface area contributed by atoms with Gasteiger partial charge >= 0.3 is 0 Å². The minimum Gasteiger partial charge on any atom is -0.506 e. The molecule has 0 aromatic heterocycles. The van der Waals surface area contributed by atoms with Crippen molar-refractivity contribution >= 4 is 15.7 Å². The molecule has 1 aromatic carbocycles. The summed E-state index contributed by atoms with van der Waals surface area (Å²) in [5.41, 5.74) is 5.46. The van der Waals surface area contributed by atoms with Crippen molar-refractivity contribution in [3.8, 4) is 17.6 Å². The first kappa shape index (κ1) is 13.4. The van der Waals surface area contributed by atoms with Gasteiger partial charge in [0.25, 0.3) is 0 Å². The molecule has 0 heterocycles. The quantitative estimate of drug-likeness (QED) is 0.318. The molecule has 0 aliphatic heterocycles. The van der Waals surface area contributed by atoms with E-state index in [9.17, 15) is 13.5 Å². The second-order valence-electron chi connectivity index (χ2n) is 3.30. The largest absolute Gasteiger partial charge is 0.506 e. The van der Waals surface area contributed by atoms with Crippen LogP contribution in [0.25, 0.3) is 0 Å². The van der Waals surface area contributed by atoms with Crippen LogP contribution < -0.4 is 10.5 Å². The van der Waals surface area contributed by atoms with Crippen molar-refractivity contribution in [1.29, 1.82) is 0 Å². The van der Waals surface area contributed by atoms with Gasteiger partial charge in [-0.2, -0.15) is 0 Å². The Labute approximate surface area is 101 Å². The number of rotatable bonds is 4. The molecule has 0 spiro atoms. The number of nitrogen functional groups attached to an aromatic ring is 1. The normalized spacial score (nSPS) is 10.6. The van der Waals surface area contributed by atoms with Gasteiger partial charge in [-0.3, -0.25) is 0 Å². The summed E-state index contributed by atoms with van der Waals surface area (Å²) in [6.45, 7) is 1.93. The van der Waals surface area contributed by atoms with Gasteiger partial charge in [0.15, 0.2) is 0 Å². The van der Waals surface area contributed by atoms with Gasteiger partial charge in [-0.15, -0.1) is 11.8 Å². The monoisotopic (exact) mass is 254 g/mol. The molecule has 0 atom stereocenters. The molecule has 17 heavy (non-hydrogen) atoms. The van der Waals surface area contributed by atoms with E-state index in [-0.39, 0.29) is 22.9 Å². The Morgan fingerprint density at radius 1 is 1.47 bits per heavy atom. The first-order valence-electron chi connectivity index (χ1n) is 4.95. The molecule has 0 aliphatic rings. The first-order chi connectivity index (χ1) is 7.97. The molecule has 0 aliphatic carbocycles. The number of hydrogen-bond donors (Lipinski definition) is 3. The van der Waals surface area contributed by atoms with Gasteiger partial charge < -0.3 is 10.8 Å². The van der Waals surface area contributed by atoms with E-state index in [4.69, 9.17) is 5.73 Å². The summed E-state index contributed by atoms with van der Waals surface area (Å²) in [5.74, 6) is 5.29. The van der Waals surface area contributed by atoms with Crippen LogP contribution in [-0.2, 0) is 10.0 Å². The summed E-state index contributed by atoms with van der Waals surface area (Å²) in [5, 5.41) is 9.20. The maximum Gasteiger partial charge on any atom is 0.240 e. The molecular formula is C11H14N2O3S. The molecule has 0 unspecified atom stereocenters. The molecule has 0 amide bonds. The zero-order valence-electron chi connectivity index (χ0n) is 9.40. The fourth-order valence-electron chi connectivity index (χ4n) is 1.16. The van der Waals surface area contributed by atoms with Crippen LogP contribution >= 0.6 is 0 Å². The fraction of sp³-hybridized carbons (Fsp3) is 0.273. The SMILES string of the molecule is CC#CCCNS(=O)(=O)c1ccc(O)c(N)c1. The van der Waals surface area contributed by atoms with E-state index in [1.54, 1.807) is 6.92 Å². The zero-order valence-corrected chi connectivity index (χ0v) is 10.2. The Balaban J connectivity index is 2.81. The average molecular weight is 254 g/mol. The highest BCUT2D eigenvalue weighted by Gasteiger charge is 2.14. The van der Waals surface area contributed by atoms with E-state index in [0.29, 0.717) is 6.42 Å². The molecule has 0 saturated carbocycles. The maximum atomic E-state index is 11.8. The minimum absolute atomic E-state index is 0.0252. The van der Waals surface area contributed by atoms with Gasteiger partial charge in [-0.1, -0.05) is 0 Å².